The summed E-state index contributed by atoms with van der Waals surface area (Å²) in [4.78, 5) is 19.1. The van der Waals surface area contributed by atoms with E-state index < -0.39 is 12.3 Å². The van der Waals surface area contributed by atoms with E-state index in [4.69, 9.17) is 14.2 Å². The number of carboxylic acid groups (broad SMARTS) is 1. The van der Waals surface area contributed by atoms with Gasteiger partial charge in [-0.15, -0.1) is 0 Å². The fourth-order valence-electron chi connectivity index (χ4n) is 1.89. The van der Waals surface area contributed by atoms with Crippen LogP contribution in [0, 0.1) is 6.92 Å². The third kappa shape index (κ3) is 4.13. The van der Waals surface area contributed by atoms with Crippen LogP contribution in [0.1, 0.15) is 30.3 Å². The fourth-order valence-corrected chi connectivity index (χ4v) is 1.89. The molecular weight excluding hydrogens is 275 g/mol. The van der Waals surface area contributed by atoms with Crippen molar-refractivity contribution in [3.8, 4) is 5.88 Å². The SMILES string of the molecule is CCOc1nc(C)nc(CC(=O)[O-])c1C1OCCO1.[Na+]. The minimum atomic E-state index is -1.22. The standard InChI is InChI=1S/C12H16N2O5.Na/c1-3-17-11-10(12-18-4-5-19-12)8(6-9(15)16)13-7(2)14-11;/h12H,3-6H2,1-2H3,(H,15,16);/q;+1/p-1. The number of carbonyl (C=O) groups is 1. The average Bonchev–Trinajstić information content (AvgIpc) is 2.81. The molecule has 2 heterocycles. The largest absolute Gasteiger partial charge is 1.00 e. The van der Waals surface area contributed by atoms with Crippen molar-refractivity contribution in [1.82, 2.24) is 9.97 Å². The van der Waals surface area contributed by atoms with Gasteiger partial charge < -0.3 is 24.1 Å². The minimum absolute atomic E-state index is 0. The summed E-state index contributed by atoms with van der Waals surface area (Å²) >= 11 is 0. The molecule has 0 aromatic carbocycles. The van der Waals surface area contributed by atoms with Crippen LogP contribution in [0.2, 0.25) is 0 Å². The molecule has 1 aliphatic heterocycles. The summed E-state index contributed by atoms with van der Waals surface area (Å²) in [5.74, 6) is -0.487. The summed E-state index contributed by atoms with van der Waals surface area (Å²) in [6.45, 7) is 4.77. The summed E-state index contributed by atoms with van der Waals surface area (Å²) in [5, 5.41) is 10.8. The first kappa shape index (κ1) is 17.3. The predicted molar refractivity (Wildman–Crippen MR) is 61.3 cm³/mol. The van der Waals surface area contributed by atoms with Crippen LogP contribution in [0.15, 0.2) is 0 Å². The minimum Gasteiger partial charge on any atom is -0.550 e. The van der Waals surface area contributed by atoms with Gasteiger partial charge in [-0.05, 0) is 13.8 Å². The summed E-state index contributed by atoms with van der Waals surface area (Å²) in [6.07, 6.45) is -1.02. The molecule has 1 saturated heterocycles. The van der Waals surface area contributed by atoms with Crippen molar-refractivity contribution in [2.45, 2.75) is 26.6 Å². The third-order valence-electron chi connectivity index (χ3n) is 2.55. The maximum atomic E-state index is 10.8. The van der Waals surface area contributed by atoms with E-state index in [9.17, 15) is 9.90 Å². The van der Waals surface area contributed by atoms with Crippen LogP contribution in [0.25, 0.3) is 0 Å². The van der Waals surface area contributed by atoms with Gasteiger partial charge in [0.15, 0.2) is 6.29 Å². The number of aromatic nitrogens is 2. The van der Waals surface area contributed by atoms with Gasteiger partial charge in [0, 0.05) is 12.4 Å². The maximum Gasteiger partial charge on any atom is 1.00 e. The van der Waals surface area contributed by atoms with Crippen LogP contribution >= 0.6 is 0 Å². The molecule has 20 heavy (non-hydrogen) atoms. The predicted octanol–water partition coefficient (Wildman–Crippen LogP) is -3.47. The molecule has 1 fully saturated rings. The Labute approximate surface area is 138 Å². The molecule has 1 aliphatic rings. The molecule has 2 rings (SSSR count). The van der Waals surface area contributed by atoms with E-state index in [0.29, 0.717) is 42.8 Å². The van der Waals surface area contributed by atoms with Crippen LogP contribution in [0.4, 0.5) is 0 Å². The molecule has 104 valence electrons. The Morgan fingerprint density at radius 3 is 2.60 bits per heavy atom. The molecule has 0 spiro atoms. The topological polar surface area (TPSA) is 93.6 Å². The monoisotopic (exact) mass is 290 g/mol. The Bertz CT molecular complexity index is 477. The second-order valence-corrected chi connectivity index (χ2v) is 3.99. The number of ether oxygens (including phenoxy) is 3. The molecule has 0 saturated carbocycles. The van der Waals surface area contributed by atoms with E-state index in [1.165, 1.54) is 0 Å². The quantitative estimate of drug-likeness (QED) is 0.520. The van der Waals surface area contributed by atoms with E-state index in [1.807, 2.05) is 6.92 Å². The molecule has 0 unspecified atom stereocenters. The molecular formula is C12H15N2NaO5. The molecule has 0 bridgehead atoms. The summed E-state index contributed by atoms with van der Waals surface area (Å²) in [6, 6.07) is 0. The number of carbonyl (C=O) groups excluding carboxylic acids is 1. The molecule has 1 aromatic heterocycles. The zero-order valence-corrected chi connectivity index (χ0v) is 13.8. The number of nitrogens with zero attached hydrogens (tertiary/aromatic N) is 2. The van der Waals surface area contributed by atoms with Gasteiger partial charge in [0.25, 0.3) is 0 Å². The Balaban J connectivity index is 0.00000200. The fraction of sp³-hybridized carbons (Fsp3) is 0.583. The maximum absolute atomic E-state index is 10.8. The summed E-state index contributed by atoms with van der Waals surface area (Å²) < 4.78 is 16.2. The normalized spacial score (nSPS) is 14.9. The van der Waals surface area contributed by atoms with Crippen LogP contribution in [-0.4, -0.2) is 35.8 Å². The second-order valence-electron chi connectivity index (χ2n) is 3.99. The molecule has 0 amide bonds. The Morgan fingerprint density at radius 1 is 1.40 bits per heavy atom. The average molecular weight is 290 g/mol. The van der Waals surface area contributed by atoms with Crippen molar-refractivity contribution in [1.29, 1.82) is 0 Å². The molecule has 8 heteroatoms. The molecule has 0 aliphatic carbocycles. The van der Waals surface area contributed by atoms with Crippen molar-refractivity contribution < 1.29 is 53.7 Å². The van der Waals surface area contributed by atoms with Gasteiger partial charge in [-0.2, -0.15) is 4.98 Å². The Morgan fingerprint density at radius 2 is 2.05 bits per heavy atom. The zero-order valence-electron chi connectivity index (χ0n) is 11.8. The Hall–Kier alpha value is -0.730. The summed E-state index contributed by atoms with van der Waals surface area (Å²) in [7, 11) is 0. The van der Waals surface area contributed by atoms with E-state index in [1.54, 1.807) is 6.92 Å². The van der Waals surface area contributed by atoms with Gasteiger partial charge >= 0.3 is 29.6 Å². The van der Waals surface area contributed by atoms with Crippen LogP contribution < -0.4 is 39.4 Å². The van der Waals surface area contributed by atoms with Crippen LogP contribution in [0.3, 0.4) is 0 Å². The third-order valence-corrected chi connectivity index (χ3v) is 2.55. The van der Waals surface area contributed by atoms with Gasteiger partial charge in [-0.1, -0.05) is 0 Å². The first-order valence-electron chi connectivity index (χ1n) is 6.05. The molecule has 0 atom stereocenters. The van der Waals surface area contributed by atoms with Crippen LogP contribution in [0.5, 0.6) is 5.88 Å². The first-order chi connectivity index (χ1) is 9.11. The van der Waals surface area contributed by atoms with Crippen molar-refractivity contribution in [2.75, 3.05) is 19.8 Å². The van der Waals surface area contributed by atoms with Gasteiger partial charge in [-0.3, -0.25) is 0 Å². The number of aryl methyl sites for hydroxylation is 1. The molecule has 7 nitrogen and oxygen atoms in total. The number of hydrogen-bond donors (Lipinski definition) is 0. The van der Waals surface area contributed by atoms with E-state index in [-0.39, 0.29) is 36.0 Å². The van der Waals surface area contributed by atoms with Crippen LogP contribution in [-0.2, 0) is 20.7 Å². The number of carboxylic acids is 1. The van der Waals surface area contributed by atoms with Crippen molar-refractivity contribution >= 4 is 5.97 Å². The van der Waals surface area contributed by atoms with Crippen molar-refractivity contribution in [3.05, 3.63) is 17.1 Å². The van der Waals surface area contributed by atoms with Gasteiger partial charge in [0.05, 0.1) is 31.1 Å². The number of rotatable bonds is 5. The van der Waals surface area contributed by atoms with Gasteiger partial charge in [0.1, 0.15) is 5.82 Å². The first-order valence-corrected chi connectivity index (χ1v) is 6.05. The van der Waals surface area contributed by atoms with Gasteiger partial charge in [0.2, 0.25) is 5.88 Å². The number of hydrogen-bond acceptors (Lipinski definition) is 7. The molecule has 1 aromatic rings. The molecule has 0 radical (unpaired) electrons. The van der Waals surface area contributed by atoms with E-state index in [0.717, 1.165) is 0 Å². The zero-order chi connectivity index (χ0) is 13.8. The molecule has 0 N–H and O–H groups in total. The van der Waals surface area contributed by atoms with Gasteiger partial charge in [-0.25, -0.2) is 4.98 Å². The smallest absolute Gasteiger partial charge is 0.550 e. The van der Waals surface area contributed by atoms with E-state index in [2.05, 4.69) is 9.97 Å². The van der Waals surface area contributed by atoms with Crippen molar-refractivity contribution in [3.63, 3.8) is 0 Å². The number of aliphatic carboxylic acids is 1. The van der Waals surface area contributed by atoms with Crippen molar-refractivity contribution in [2.24, 2.45) is 0 Å². The van der Waals surface area contributed by atoms with E-state index >= 15 is 0 Å². The second kappa shape index (κ2) is 7.90. The Kier molecular flexibility index (Phi) is 6.84. The summed E-state index contributed by atoms with van der Waals surface area (Å²) in [5.41, 5.74) is 0.747.